The van der Waals surface area contributed by atoms with Crippen LogP contribution in [-0.4, -0.2) is 42.9 Å². The predicted octanol–water partition coefficient (Wildman–Crippen LogP) is -0.754. The van der Waals surface area contributed by atoms with E-state index < -0.39 is 23.5 Å². The molecule has 0 atom stereocenters. The summed E-state index contributed by atoms with van der Waals surface area (Å²) in [5.74, 6) is -0.894. The highest BCUT2D eigenvalue weighted by atomic mass is 16.5. The Morgan fingerprint density at radius 2 is 1.94 bits per heavy atom. The lowest BCUT2D eigenvalue weighted by Gasteiger charge is -2.11. The number of carbonyl (C=O) groups excluding carboxylic acids is 2. The molecule has 0 unspecified atom stereocenters. The Hall–Kier alpha value is -1.99. The maximum Gasteiger partial charge on any atom is 0.404 e. The first-order chi connectivity index (χ1) is 7.96. The van der Waals surface area contributed by atoms with Crippen LogP contribution < -0.4 is 16.4 Å². The quantitative estimate of drug-likeness (QED) is 0.457. The zero-order chi connectivity index (χ0) is 12.9. The zero-order valence-electron chi connectivity index (χ0n) is 9.19. The maximum atomic E-state index is 11.2. The first kappa shape index (κ1) is 13.1. The molecule has 0 heterocycles. The Bertz CT molecular complexity index is 327. The van der Waals surface area contributed by atoms with Crippen LogP contribution in [0.5, 0.6) is 0 Å². The number of ether oxygens (including phenoxy) is 1. The minimum absolute atomic E-state index is 0.0210. The van der Waals surface area contributed by atoms with E-state index >= 15 is 0 Å². The van der Waals surface area contributed by atoms with Gasteiger partial charge < -0.3 is 26.2 Å². The first-order valence-electron chi connectivity index (χ1n) is 5.14. The van der Waals surface area contributed by atoms with E-state index in [2.05, 4.69) is 15.4 Å². The molecule has 8 heteroatoms. The average molecular weight is 245 g/mol. The number of aliphatic carboxylic acids is 1. The smallest absolute Gasteiger partial charge is 0.404 e. The molecule has 0 aromatic heterocycles. The summed E-state index contributed by atoms with van der Waals surface area (Å²) in [5.41, 5.74) is 3.92. The van der Waals surface area contributed by atoms with Crippen LogP contribution in [0.4, 0.5) is 9.59 Å². The van der Waals surface area contributed by atoms with Crippen LogP contribution in [0.3, 0.4) is 0 Å². The number of primary amides is 1. The van der Waals surface area contributed by atoms with E-state index in [1.807, 2.05) is 0 Å². The second-order valence-electron chi connectivity index (χ2n) is 3.86. The summed E-state index contributed by atoms with van der Waals surface area (Å²) in [6.07, 6.45) is 0.246. The molecular formula is C9H15N3O5. The van der Waals surface area contributed by atoms with Crippen molar-refractivity contribution in [2.75, 3.05) is 19.7 Å². The van der Waals surface area contributed by atoms with Crippen molar-refractivity contribution in [3.8, 4) is 0 Å². The highest BCUT2D eigenvalue weighted by Crippen LogP contribution is 2.45. The van der Waals surface area contributed by atoms with Crippen LogP contribution in [0.1, 0.15) is 12.8 Å². The summed E-state index contributed by atoms with van der Waals surface area (Å²) < 4.78 is 4.39. The Labute approximate surface area is 97.5 Å². The topological polar surface area (TPSA) is 131 Å². The molecule has 8 nitrogen and oxygen atoms in total. The van der Waals surface area contributed by atoms with Crippen molar-refractivity contribution >= 4 is 18.1 Å². The van der Waals surface area contributed by atoms with Gasteiger partial charge in [0.05, 0.1) is 12.0 Å². The second kappa shape index (κ2) is 5.37. The molecule has 0 saturated heterocycles. The molecule has 1 rings (SSSR count). The van der Waals surface area contributed by atoms with Crippen LogP contribution in [0.2, 0.25) is 0 Å². The molecule has 1 saturated carbocycles. The molecule has 17 heavy (non-hydrogen) atoms. The Balaban J connectivity index is 2.10. The number of urea groups is 1. The van der Waals surface area contributed by atoms with Crippen LogP contribution >= 0.6 is 0 Å². The van der Waals surface area contributed by atoms with E-state index in [1.54, 1.807) is 0 Å². The van der Waals surface area contributed by atoms with Gasteiger partial charge in [-0.1, -0.05) is 0 Å². The van der Waals surface area contributed by atoms with E-state index in [-0.39, 0.29) is 19.7 Å². The summed E-state index contributed by atoms with van der Waals surface area (Å²) in [6.45, 7) is 0.201. The van der Waals surface area contributed by atoms with Gasteiger partial charge in [0, 0.05) is 6.54 Å². The summed E-state index contributed by atoms with van der Waals surface area (Å²) >= 11 is 0. The van der Waals surface area contributed by atoms with Gasteiger partial charge in [-0.15, -0.1) is 0 Å². The predicted molar refractivity (Wildman–Crippen MR) is 56.2 cm³/mol. The van der Waals surface area contributed by atoms with Crippen LogP contribution in [0.25, 0.3) is 0 Å². The lowest BCUT2D eigenvalue weighted by atomic mass is 10.1. The van der Waals surface area contributed by atoms with Crippen molar-refractivity contribution in [2.45, 2.75) is 12.8 Å². The van der Waals surface area contributed by atoms with Gasteiger partial charge in [0.15, 0.2) is 0 Å². The van der Waals surface area contributed by atoms with Crippen molar-refractivity contribution in [1.82, 2.24) is 10.6 Å². The van der Waals surface area contributed by atoms with E-state index in [4.69, 9.17) is 10.8 Å². The molecule has 0 aromatic carbocycles. The SMILES string of the molecule is NC(=O)OCCNC(=O)NCC1(C(=O)O)CC1. The minimum Gasteiger partial charge on any atom is -0.481 e. The van der Waals surface area contributed by atoms with Gasteiger partial charge in [0.25, 0.3) is 0 Å². The molecule has 1 aliphatic carbocycles. The number of carboxylic acid groups (broad SMARTS) is 1. The highest BCUT2D eigenvalue weighted by molar-refractivity contribution is 5.80. The minimum atomic E-state index is -0.907. The van der Waals surface area contributed by atoms with E-state index in [1.165, 1.54) is 0 Å². The lowest BCUT2D eigenvalue weighted by molar-refractivity contribution is -0.143. The molecule has 0 bridgehead atoms. The van der Waals surface area contributed by atoms with Crippen LogP contribution in [-0.2, 0) is 9.53 Å². The van der Waals surface area contributed by atoms with Gasteiger partial charge in [-0.2, -0.15) is 0 Å². The highest BCUT2D eigenvalue weighted by Gasteiger charge is 2.50. The van der Waals surface area contributed by atoms with Crippen LogP contribution in [0.15, 0.2) is 0 Å². The van der Waals surface area contributed by atoms with E-state index in [0.29, 0.717) is 12.8 Å². The van der Waals surface area contributed by atoms with E-state index in [9.17, 15) is 14.4 Å². The summed E-state index contributed by atoms with van der Waals surface area (Å²) in [4.78, 5) is 32.2. The van der Waals surface area contributed by atoms with Gasteiger partial charge in [0.1, 0.15) is 6.61 Å². The molecule has 0 radical (unpaired) electrons. The fraction of sp³-hybridized carbons (Fsp3) is 0.667. The van der Waals surface area contributed by atoms with Gasteiger partial charge >= 0.3 is 18.1 Å². The maximum absolute atomic E-state index is 11.2. The van der Waals surface area contributed by atoms with Gasteiger partial charge in [0.2, 0.25) is 0 Å². The van der Waals surface area contributed by atoms with Gasteiger partial charge in [-0.25, -0.2) is 9.59 Å². The Morgan fingerprint density at radius 3 is 2.41 bits per heavy atom. The summed E-state index contributed by atoms with van der Waals surface area (Å²) in [7, 11) is 0. The third-order valence-electron chi connectivity index (χ3n) is 2.53. The fourth-order valence-electron chi connectivity index (χ4n) is 1.25. The molecular weight excluding hydrogens is 230 g/mol. The second-order valence-corrected chi connectivity index (χ2v) is 3.86. The lowest BCUT2D eigenvalue weighted by Crippen LogP contribution is -2.42. The number of amides is 3. The number of nitrogens with two attached hydrogens (primary N) is 1. The Morgan fingerprint density at radius 1 is 1.29 bits per heavy atom. The van der Waals surface area contributed by atoms with Crippen molar-refractivity contribution < 1.29 is 24.2 Å². The third-order valence-corrected chi connectivity index (χ3v) is 2.53. The fourth-order valence-corrected chi connectivity index (χ4v) is 1.25. The molecule has 5 N–H and O–H groups in total. The molecule has 1 fully saturated rings. The van der Waals surface area contributed by atoms with Crippen molar-refractivity contribution in [3.05, 3.63) is 0 Å². The molecule has 0 aliphatic heterocycles. The van der Waals surface area contributed by atoms with Gasteiger partial charge in [-0.3, -0.25) is 4.79 Å². The zero-order valence-corrected chi connectivity index (χ0v) is 9.19. The molecule has 3 amide bonds. The molecule has 1 aliphatic rings. The standard InChI is InChI=1S/C9H15N3O5/c10-7(15)17-4-3-11-8(16)12-5-9(1-2-9)6(13)14/h1-5H2,(H2,10,15)(H,13,14)(H2,11,12,16). The third kappa shape index (κ3) is 4.17. The van der Waals surface area contributed by atoms with Crippen LogP contribution in [0, 0.1) is 5.41 Å². The number of nitrogens with one attached hydrogen (secondary N) is 2. The summed E-state index contributed by atoms with van der Waals surface area (Å²) in [6, 6.07) is -0.495. The van der Waals surface area contributed by atoms with Crippen molar-refractivity contribution in [3.63, 3.8) is 0 Å². The van der Waals surface area contributed by atoms with Crippen molar-refractivity contribution in [2.24, 2.45) is 11.1 Å². The normalized spacial score (nSPS) is 15.8. The number of hydrogen-bond donors (Lipinski definition) is 4. The number of hydrogen-bond acceptors (Lipinski definition) is 4. The average Bonchev–Trinajstić information content (AvgIpc) is 3.02. The summed E-state index contributed by atoms with van der Waals surface area (Å²) in [5, 5.41) is 13.7. The first-order valence-corrected chi connectivity index (χ1v) is 5.14. The molecule has 0 aromatic rings. The van der Waals surface area contributed by atoms with Crippen molar-refractivity contribution in [1.29, 1.82) is 0 Å². The largest absolute Gasteiger partial charge is 0.481 e. The van der Waals surface area contributed by atoms with E-state index in [0.717, 1.165) is 0 Å². The Kier molecular flexibility index (Phi) is 4.13. The number of carboxylic acids is 1. The molecule has 96 valence electrons. The number of rotatable bonds is 6. The number of carbonyl (C=O) groups is 3. The molecule has 0 spiro atoms. The monoisotopic (exact) mass is 245 g/mol. The van der Waals surface area contributed by atoms with Gasteiger partial charge in [-0.05, 0) is 12.8 Å².